The molecular formula is C16H25N3O. The molecule has 0 bridgehead atoms. The summed E-state index contributed by atoms with van der Waals surface area (Å²) in [6.45, 7) is 6.87. The van der Waals surface area contributed by atoms with E-state index in [0.717, 1.165) is 30.6 Å². The average Bonchev–Trinajstić information content (AvgIpc) is 2.89. The summed E-state index contributed by atoms with van der Waals surface area (Å²) >= 11 is 0. The van der Waals surface area contributed by atoms with E-state index in [1.165, 1.54) is 0 Å². The Kier molecular flexibility index (Phi) is 5.15. The fourth-order valence-electron chi connectivity index (χ4n) is 2.98. The first-order valence-electron chi connectivity index (χ1n) is 7.47. The summed E-state index contributed by atoms with van der Waals surface area (Å²) in [6.07, 6.45) is 2.26. The van der Waals surface area contributed by atoms with Crippen molar-refractivity contribution >= 4 is 11.6 Å². The number of nitrogens with zero attached hydrogens (tertiary/aromatic N) is 2. The monoisotopic (exact) mass is 275 g/mol. The molecule has 1 saturated heterocycles. The first-order valence-corrected chi connectivity index (χ1v) is 7.47. The normalized spacial score (nSPS) is 19.2. The number of nitrogens with two attached hydrogens (primary N) is 1. The molecular weight excluding hydrogens is 250 g/mol. The number of hydrogen-bond donors (Lipinski definition) is 1. The number of carbonyl (C=O) groups excluding carboxylic acids is 1. The second kappa shape index (κ2) is 6.86. The van der Waals surface area contributed by atoms with Crippen LogP contribution in [0.4, 0.5) is 5.69 Å². The van der Waals surface area contributed by atoms with E-state index >= 15 is 0 Å². The van der Waals surface area contributed by atoms with Gasteiger partial charge in [-0.1, -0.05) is 18.2 Å². The Balaban J connectivity index is 2.08. The second-order valence-electron chi connectivity index (χ2n) is 5.43. The van der Waals surface area contributed by atoms with Gasteiger partial charge in [0.25, 0.3) is 0 Å². The zero-order valence-electron chi connectivity index (χ0n) is 12.5. The predicted molar refractivity (Wildman–Crippen MR) is 82.9 cm³/mol. The average molecular weight is 275 g/mol. The van der Waals surface area contributed by atoms with Gasteiger partial charge < -0.3 is 10.6 Å². The number of likely N-dealkylation sites (N-methyl/N-ethyl adjacent to an activating group) is 1. The van der Waals surface area contributed by atoms with Crippen LogP contribution >= 0.6 is 0 Å². The molecule has 0 aliphatic carbocycles. The molecule has 4 nitrogen and oxygen atoms in total. The number of para-hydroxylation sites is 1. The van der Waals surface area contributed by atoms with Gasteiger partial charge in [0.15, 0.2) is 0 Å². The Labute approximate surface area is 121 Å². The molecule has 0 radical (unpaired) electrons. The Bertz CT molecular complexity index is 461. The lowest BCUT2D eigenvalue weighted by molar-refractivity contribution is -0.119. The molecule has 1 aliphatic rings. The summed E-state index contributed by atoms with van der Waals surface area (Å²) in [7, 11) is 0. The summed E-state index contributed by atoms with van der Waals surface area (Å²) < 4.78 is 0. The third kappa shape index (κ3) is 3.19. The molecule has 0 spiro atoms. The number of rotatable bonds is 5. The van der Waals surface area contributed by atoms with Crippen LogP contribution in [0.2, 0.25) is 0 Å². The van der Waals surface area contributed by atoms with Crippen molar-refractivity contribution in [1.29, 1.82) is 0 Å². The number of carbonyl (C=O) groups is 1. The quantitative estimate of drug-likeness (QED) is 0.891. The van der Waals surface area contributed by atoms with Crippen LogP contribution in [0.5, 0.6) is 0 Å². The highest BCUT2D eigenvalue weighted by molar-refractivity contribution is 5.95. The minimum absolute atomic E-state index is 0.169. The minimum Gasteiger partial charge on any atom is -0.329 e. The molecule has 1 aliphatic heterocycles. The third-order valence-electron chi connectivity index (χ3n) is 4.13. The number of amides is 1. The smallest absolute Gasteiger partial charge is 0.241 e. The van der Waals surface area contributed by atoms with Gasteiger partial charge in [-0.25, -0.2) is 0 Å². The molecule has 110 valence electrons. The van der Waals surface area contributed by atoms with Crippen molar-refractivity contribution in [2.45, 2.75) is 32.7 Å². The molecule has 1 aromatic rings. The van der Waals surface area contributed by atoms with E-state index in [-0.39, 0.29) is 5.91 Å². The van der Waals surface area contributed by atoms with Crippen LogP contribution in [0.15, 0.2) is 24.3 Å². The number of aryl methyl sites for hydroxylation is 1. The highest BCUT2D eigenvalue weighted by atomic mass is 16.2. The van der Waals surface area contributed by atoms with Gasteiger partial charge in [0, 0.05) is 24.8 Å². The predicted octanol–water partition coefficient (Wildman–Crippen LogP) is 1.77. The molecule has 1 heterocycles. The van der Waals surface area contributed by atoms with Crippen molar-refractivity contribution in [3.8, 4) is 0 Å². The molecule has 1 unspecified atom stereocenters. The Morgan fingerprint density at radius 2 is 2.20 bits per heavy atom. The van der Waals surface area contributed by atoms with E-state index in [4.69, 9.17) is 5.73 Å². The fourth-order valence-corrected chi connectivity index (χ4v) is 2.98. The van der Waals surface area contributed by atoms with Gasteiger partial charge in [-0.05, 0) is 44.9 Å². The number of anilines is 1. The van der Waals surface area contributed by atoms with Crippen LogP contribution in [0.25, 0.3) is 0 Å². The van der Waals surface area contributed by atoms with Crippen molar-refractivity contribution in [1.82, 2.24) is 4.90 Å². The minimum atomic E-state index is 0.169. The molecule has 4 heteroatoms. The standard InChI is InChI=1S/C16H25N3O/c1-3-19(15-9-5-4-7-13(15)2)16(20)12-18-10-6-8-14(18)11-17/h4-5,7,9,14H,3,6,8,10-12,17H2,1-2H3. The molecule has 1 atom stereocenters. The summed E-state index contributed by atoms with van der Waals surface area (Å²) in [5, 5.41) is 0. The van der Waals surface area contributed by atoms with Gasteiger partial charge in [0.2, 0.25) is 5.91 Å². The van der Waals surface area contributed by atoms with Crippen molar-refractivity contribution in [3.63, 3.8) is 0 Å². The third-order valence-corrected chi connectivity index (χ3v) is 4.13. The maximum absolute atomic E-state index is 12.6. The second-order valence-corrected chi connectivity index (χ2v) is 5.43. The molecule has 2 rings (SSSR count). The summed E-state index contributed by atoms with van der Waals surface area (Å²) in [5.74, 6) is 0.169. The van der Waals surface area contributed by atoms with E-state index in [0.29, 0.717) is 25.7 Å². The lowest BCUT2D eigenvalue weighted by atomic mass is 10.1. The number of hydrogen-bond acceptors (Lipinski definition) is 3. The summed E-state index contributed by atoms with van der Waals surface area (Å²) in [5.41, 5.74) is 7.93. The van der Waals surface area contributed by atoms with E-state index in [2.05, 4.69) is 4.90 Å². The highest BCUT2D eigenvalue weighted by Crippen LogP contribution is 2.21. The van der Waals surface area contributed by atoms with Gasteiger partial charge in [-0.2, -0.15) is 0 Å². The highest BCUT2D eigenvalue weighted by Gasteiger charge is 2.27. The lowest BCUT2D eigenvalue weighted by Crippen LogP contribution is -2.44. The van der Waals surface area contributed by atoms with Crippen molar-refractivity contribution in [2.75, 3.05) is 31.1 Å². The first-order chi connectivity index (χ1) is 9.67. The van der Waals surface area contributed by atoms with Gasteiger partial charge in [0.05, 0.1) is 6.54 Å². The molecule has 0 saturated carbocycles. The van der Waals surface area contributed by atoms with Crippen LogP contribution in [0.1, 0.15) is 25.3 Å². The van der Waals surface area contributed by atoms with Crippen molar-refractivity contribution in [2.24, 2.45) is 5.73 Å². The van der Waals surface area contributed by atoms with Gasteiger partial charge >= 0.3 is 0 Å². The Morgan fingerprint density at radius 1 is 1.45 bits per heavy atom. The van der Waals surface area contributed by atoms with E-state index in [1.54, 1.807) is 0 Å². The zero-order valence-corrected chi connectivity index (χ0v) is 12.5. The van der Waals surface area contributed by atoms with Crippen molar-refractivity contribution < 1.29 is 4.79 Å². The van der Waals surface area contributed by atoms with E-state index in [9.17, 15) is 4.79 Å². The van der Waals surface area contributed by atoms with Crippen LogP contribution in [0, 0.1) is 6.92 Å². The van der Waals surface area contributed by atoms with Gasteiger partial charge in [0.1, 0.15) is 0 Å². The largest absolute Gasteiger partial charge is 0.329 e. The van der Waals surface area contributed by atoms with Crippen molar-refractivity contribution in [3.05, 3.63) is 29.8 Å². The number of benzene rings is 1. The van der Waals surface area contributed by atoms with E-state index in [1.807, 2.05) is 43.0 Å². The maximum Gasteiger partial charge on any atom is 0.241 e. The van der Waals surface area contributed by atoms with Crippen LogP contribution < -0.4 is 10.6 Å². The van der Waals surface area contributed by atoms with Gasteiger partial charge in [-0.3, -0.25) is 9.69 Å². The Morgan fingerprint density at radius 3 is 2.85 bits per heavy atom. The number of likely N-dealkylation sites (tertiary alicyclic amines) is 1. The molecule has 20 heavy (non-hydrogen) atoms. The molecule has 1 aromatic carbocycles. The molecule has 2 N–H and O–H groups in total. The lowest BCUT2D eigenvalue weighted by Gasteiger charge is -2.28. The van der Waals surface area contributed by atoms with Crippen LogP contribution in [0.3, 0.4) is 0 Å². The molecule has 1 amide bonds. The Hall–Kier alpha value is -1.39. The van der Waals surface area contributed by atoms with Crippen LogP contribution in [-0.4, -0.2) is 43.0 Å². The topological polar surface area (TPSA) is 49.6 Å². The molecule has 1 fully saturated rings. The van der Waals surface area contributed by atoms with Gasteiger partial charge in [-0.15, -0.1) is 0 Å². The SMILES string of the molecule is CCN(C(=O)CN1CCCC1CN)c1ccccc1C. The summed E-state index contributed by atoms with van der Waals surface area (Å²) in [6, 6.07) is 8.42. The van der Waals surface area contributed by atoms with E-state index < -0.39 is 0 Å². The first kappa shape index (κ1) is 15.0. The maximum atomic E-state index is 12.6. The summed E-state index contributed by atoms with van der Waals surface area (Å²) in [4.78, 5) is 16.7. The van der Waals surface area contributed by atoms with Crippen LogP contribution in [-0.2, 0) is 4.79 Å². The molecule has 0 aromatic heterocycles. The zero-order chi connectivity index (χ0) is 14.5. The fraction of sp³-hybridized carbons (Fsp3) is 0.562.